The van der Waals surface area contributed by atoms with Crippen molar-refractivity contribution >= 4 is 46.5 Å². The molecule has 9 heteroatoms. The molecule has 0 aromatic carbocycles. The molecule has 0 aliphatic rings. The van der Waals surface area contributed by atoms with Crippen molar-refractivity contribution in [3.8, 4) is 0 Å². The van der Waals surface area contributed by atoms with Gasteiger partial charge in [-0.3, -0.25) is 30.0 Å². The van der Waals surface area contributed by atoms with E-state index in [0.717, 1.165) is 11.3 Å². The molecule has 0 saturated carbocycles. The standard InChI is InChI=1S/C12H13ClN2O5S/c1-7(16)14-15-11(18)6-20-12(19)5-2-8(17)9-3-4-10(13)21-9/h3-4H,2,5-6H2,1H3,(H,14,16)(H,15,18). The number of nitrogens with one attached hydrogen (secondary N) is 2. The van der Waals surface area contributed by atoms with Crippen molar-refractivity contribution in [3.63, 3.8) is 0 Å². The Labute approximate surface area is 129 Å². The van der Waals surface area contributed by atoms with E-state index < -0.39 is 24.4 Å². The van der Waals surface area contributed by atoms with Crippen LogP contribution < -0.4 is 10.9 Å². The molecule has 1 aromatic rings. The van der Waals surface area contributed by atoms with Gasteiger partial charge >= 0.3 is 5.97 Å². The quantitative estimate of drug-likeness (QED) is 0.461. The molecular formula is C12H13ClN2O5S. The van der Waals surface area contributed by atoms with E-state index >= 15 is 0 Å². The molecule has 1 rings (SSSR count). The number of carbonyl (C=O) groups is 4. The maximum atomic E-state index is 11.7. The molecule has 0 atom stereocenters. The van der Waals surface area contributed by atoms with Gasteiger partial charge in [0.1, 0.15) is 0 Å². The third-order valence-corrected chi connectivity index (χ3v) is 3.42. The number of amides is 2. The Hall–Kier alpha value is -1.93. The van der Waals surface area contributed by atoms with E-state index in [2.05, 4.69) is 4.74 Å². The minimum absolute atomic E-state index is 0.0248. The Balaban J connectivity index is 2.23. The predicted octanol–water partition coefficient (Wildman–Crippen LogP) is 1.07. The summed E-state index contributed by atoms with van der Waals surface area (Å²) in [5.41, 5.74) is 4.08. The Bertz CT molecular complexity index is 558. The Morgan fingerprint density at radius 1 is 1.19 bits per heavy atom. The van der Waals surface area contributed by atoms with E-state index in [1.807, 2.05) is 10.9 Å². The molecule has 0 aliphatic carbocycles. The van der Waals surface area contributed by atoms with Gasteiger partial charge in [-0.15, -0.1) is 11.3 Å². The Kier molecular flexibility index (Phi) is 6.83. The van der Waals surface area contributed by atoms with Crippen LogP contribution in [0.2, 0.25) is 4.34 Å². The number of hydrogen-bond acceptors (Lipinski definition) is 6. The molecule has 0 unspecified atom stereocenters. The monoisotopic (exact) mass is 332 g/mol. The van der Waals surface area contributed by atoms with Crippen molar-refractivity contribution < 1.29 is 23.9 Å². The second-order valence-electron chi connectivity index (χ2n) is 3.92. The molecule has 114 valence electrons. The van der Waals surface area contributed by atoms with Crippen LogP contribution in [-0.4, -0.2) is 30.2 Å². The van der Waals surface area contributed by atoms with Gasteiger partial charge in [0.2, 0.25) is 5.91 Å². The zero-order valence-electron chi connectivity index (χ0n) is 11.1. The average Bonchev–Trinajstić information content (AvgIpc) is 2.86. The third-order valence-electron chi connectivity index (χ3n) is 2.15. The second kappa shape index (κ2) is 8.38. The molecule has 0 aliphatic heterocycles. The molecular weight excluding hydrogens is 320 g/mol. The van der Waals surface area contributed by atoms with E-state index in [4.69, 9.17) is 11.6 Å². The molecule has 7 nitrogen and oxygen atoms in total. The van der Waals surface area contributed by atoms with Crippen LogP contribution in [0.3, 0.4) is 0 Å². The van der Waals surface area contributed by atoms with Gasteiger partial charge in [0.25, 0.3) is 5.91 Å². The minimum atomic E-state index is -0.677. The zero-order chi connectivity index (χ0) is 15.8. The summed E-state index contributed by atoms with van der Waals surface area (Å²) >= 11 is 6.84. The molecule has 0 radical (unpaired) electrons. The summed E-state index contributed by atoms with van der Waals surface area (Å²) in [5.74, 6) is -2.01. The van der Waals surface area contributed by atoms with E-state index in [1.54, 1.807) is 12.1 Å². The first-order valence-electron chi connectivity index (χ1n) is 5.88. The molecule has 0 fully saturated rings. The number of ketones is 1. The van der Waals surface area contributed by atoms with E-state index in [1.165, 1.54) is 6.92 Å². The SMILES string of the molecule is CC(=O)NNC(=O)COC(=O)CCC(=O)c1ccc(Cl)s1. The number of thiophene rings is 1. The molecule has 21 heavy (non-hydrogen) atoms. The number of Topliss-reactive ketones (excluding diaryl/α,β-unsaturated/α-hetero) is 1. The largest absolute Gasteiger partial charge is 0.455 e. The first-order valence-corrected chi connectivity index (χ1v) is 7.07. The highest BCUT2D eigenvalue weighted by molar-refractivity contribution is 7.18. The van der Waals surface area contributed by atoms with Gasteiger partial charge in [-0.1, -0.05) is 11.6 Å². The lowest BCUT2D eigenvalue weighted by molar-refractivity contribution is -0.148. The summed E-state index contributed by atoms with van der Waals surface area (Å²) in [6.45, 7) is 0.687. The summed E-state index contributed by atoms with van der Waals surface area (Å²) < 4.78 is 5.15. The molecule has 2 amide bonds. The fraction of sp³-hybridized carbons (Fsp3) is 0.333. The number of carbonyl (C=O) groups excluding carboxylic acids is 4. The van der Waals surface area contributed by atoms with Crippen LogP contribution in [0.15, 0.2) is 12.1 Å². The summed E-state index contributed by atoms with van der Waals surface area (Å²) in [5, 5.41) is 0. The van der Waals surface area contributed by atoms with Crippen LogP contribution in [0, 0.1) is 0 Å². The van der Waals surface area contributed by atoms with Crippen LogP contribution in [0.4, 0.5) is 0 Å². The lowest BCUT2D eigenvalue weighted by Crippen LogP contribution is -2.42. The van der Waals surface area contributed by atoms with Gasteiger partial charge in [0, 0.05) is 13.3 Å². The summed E-state index contributed by atoms with van der Waals surface area (Å²) in [6.07, 6.45) is -0.162. The van der Waals surface area contributed by atoms with Gasteiger partial charge < -0.3 is 4.74 Å². The predicted molar refractivity (Wildman–Crippen MR) is 75.8 cm³/mol. The molecule has 1 aromatic heterocycles. The Morgan fingerprint density at radius 3 is 2.48 bits per heavy atom. The molecule has 1 heterocycles. The molecule has 0 spiro atoms. The number of rotatable bonds is 6. The maximum Gasteiger partial charge on any atom is 0.306 e. The summed E-state index contributed by atoms with van der Waals surface area (Å²) in [4.78, 5) is 45.2. The molecule has 2 N–H and O–H groups in total. The van der Waals surface area contributed by atoms with Crippen LogP contribution in [-0.2, 0) is 19.1 Å². The number of hydrazine groups is 1. The van der Waals surface area contributed by atoms with E-state index in [-0.39, 0.29) is 18.6 Å². The van der Waals surface area contributed by atoms with Crippen molar-refractivity contribution in [2.75, 3.05) is 6.61 Å². The maximum absolute atomic E-state index is 11.7. The first-order chi connectivity index (χ1) is 9.88. The highest BCUT2D eigenvalue weighted by Crippen LogP contribution is 2.22. The summed E-state index contributed by atoms with van der Waals surface area (Å²) in [7, 11) is 0. The second-order valence-corrected chi connectivity index (χ2v) is 5.63. The molecule has 0 bridgehead atoms. The van der Waals surface area contributed by atoms with Gasteiger partial charge in [0.15, 0.2) is 12.4 Å². The summed E-state index contributed by atoms with van der Waals surface area (Å²) in [6, 6.07) is 3.19. The van der Waals surface area contributed by atoms with Crippen LogP contribution in [0.1, 0.15) is 29.4 Å². The van der Waals surface area contributed by atoms with Crippen molar-refractivity contribution in [2.24, 2.45) is 0 Å². The van der Waals surface area contributed by atoms with Crippen molar-refractivity contribution in [3.05, 3.63) is 21.3 Å². The molecule has 0 saturated heterocycles. The lowest BCUT2D eigenvalue weighted by Gasteiger charge is -2.06. The van der Waals surface area contributed by atoms with Crippen molar-refractivity contribution in [2.45, 2.75) is 19.8 Å². The van der Waals surface area contributed by atoms with Crippen molar-refractivity contribution in [1.82, 2.24) is 10.9 Å². The highest BCUT2D eigenvalue weighted by Gasteiger charge is 2.13. The van der Waals surface area contributed by atoms with Gasteiger partial charge in [-0.2, -0.15) is 0 Å². The zero-order valence-corrected chi connectivity index (χ0v) is 12.7. The fourth-order valence-corrected chi connectivity index (χ4v) is 2.23. The van der Waals surface area contributed by atoms with Crippen LogP contribution >= 0.6 is 22.9 Å². The number of halogens is 1. The van der Waals surface area contributed by atoms with E-state index in [0.29, 0.717) is 9.21 Å². The van der Waals surface area contributed by atoms with Gasteiger partial charge in [-0.25, -0.2) is 0 Å². The highest BCUT2D eigenvalue weighted by atomic mass is 35.5. The first kappa shape index (κ1) is 17.1. The number of esters is 1. The smallest absolute Gasteiger partial charge is 0.306 e. The van der Waals surface area contributed by atoms with Crippen molar-refractivity contribution in [1.29, 1.82) is 0 Å². The minimum Gasteiger partial charge on any atom is -0.455 e. The van der Waals surface area contributed by atoms with E-state index in [9.17, 15) is 19.2 Å². The lowest BCUT2D eigenvalue weighted by atomic mass is 10.2. The van der Waals surface area contributed by atoms with Crippen LogP contribution in [0.25, 0.3) is 0 Å². The van der Waals surface area contributed by atoms with Crippen LogP contribution in [0.5, 0.6) is 0 Å². The topological polar surface area (TPSA) is 102 Å². The normalized spacial score (nSPS) is 9.81. The van der Waals surface area contributed by atoms with Gasteiger partial charge in [-0.05, 0) is 12.1 Å². The average molecular weight is 333 g/mol. The Morgan fingerprint density at radius 2 is 1.90 bits per heavy atom. The fourth-order valence-electron chi connectivity index (χ4n) is 1.21. The number of ether oxygens (including phenoxy) is 1. The third kappa shape index (κ3) is 6.87. The number of hydrogen-bond donors (Lipinski definition) is 2. The van der Waals surface area contributed by atoms with Gasteiger partial charge in [0.05, 0.1) is 15.6 Å².